The maximum Gasteiger partial charge on any atom is 0.266 e. The first-order chi connectivity index (χ1) is 12.2. The number of aromatic amines is 1. The van der Waals surface area contributed by atoms with E-state index in [0.717, 1.165) is 12.0 Å². The van der Waals surface area contributed by atoms with Gasteiger partial charge in [0.05, 0.1) is 22.9 Å². The zero-order valence-electron chi connectivity index (χ0n) is 15.8. The monoisotopic (exact) mass is 375 g/mol. The lowest BCUT2D eigenvalue weighted by atomic mass is 9.91. The van der Waals surface area contributed by atoms with Crippen LogP contribution in [-0.4, -0.2) is 24.5 Å². The number of methoxy groups -OCH3 is 1. The minimum absolute atomic E-state index is 0.0272. The standard InChI is InChI=1S/C20H25NO4S/c1-6-9-25-14-8-7-13(10-15(14)24-5)11-16-19(23)21-18(26-16)12-17(22)20(2,3)4/h7-8,10-12H,6,9H2,1-5H3,(H,21,23)/b16-11-,18-12-. The Morgan fingerprint density at radius 1 is 1.27 bits per heavy atom. The molecule has 0 unspecified atom stereocenters. The normalized spacial score (nSPS) is 13.1. The van der Waals surface area contributed by atoms with E-state index in [4.69, 9.17) is 9.47 Å². The quantitative estimate of drug-likeness (QED) is 0.842. The molecule has 0 aliphatic heterocycles. The third-order valence-electron chi connectivity index (χ3n) is 3.63. The molecule has 140 valence electrons. The maximum absolute atomic E-state index is 12.2. The van der Waals surface area contributed by atoms with Crippen LogP contribution in [-0.2, 0) is 4.79 Å². The third kappa shape index (κ3) is 5.08. The van der Waals surface area contributed by atoms with Gasteiger partial charge in [-0.05, 0) is 30.2 Å². The van der Waals surface area contributed by atoms with E-state index in [1.165, 1.54) is 17.4 Å². The molecule has 0 amide bonds. The van der Waals surface area contributed by atoms with Crippen molar-refractivity contribution in [3.05, 3.63) is 43.3 Å². The first-order valence-corrected chi connectivity index (χ1v) is 9.34. The number of carbonyl (C=O) groups is 1. The number of benzene rings is 1. The van der Waals surface area contributed by atoms with E-state index >= 15 is 0 Å². The molecule has 0 aliphatic carbocycles. The molecule has 0 spiro atoms. The average Bonchev–Trinajstić information content (AvgIpc) is 2.91. The molecule has 6 heteroatoms. The summed E-state index contributed by atoms with van der Waals surface area (Å²) in [6.07, 6.45) is 4.17. The summed E-state index contributed by atoms with van der Waals surface area (Å²) in [6.45, 7) is 8.19. The Bertz CT molecular complexity index is 947. The molecule has 0 radical (unpaired) electrons. The minimum atomic E-state index is -0.480. The van der Waals surface area contributed by atoms with Gasteiger partial charge >= 0.3 is 0 Å². The van der Waals surface area contributed by atoms with Crippen molar-refractivity contribution in [2.75, 3.05) is 13.7 Å². The lowest BCUT2D eigenvalue weighted by Crippen LogP contribution is -2.22. The molecule has 1 heterocycles. The predicted octanol–water partition coefficient (Wildman–Crippen LogP) is 2.46. The Balaban J connectivity index is 2.40. The van der Waals surface area contributed by atoms with Gasteiger partial charge in [0.25, 0.3) is 5.56 Å². The van der Waals surface area contributed by atoms with Crippen molar-refractivity contribution in [2.24, 2.45) is 5.41 Å². The molecule has 1 aromatic carbocycles. The summed E-state index contributed by atoms with van der Waals surface area (Å²) < 4.78 is 12.1. The number of nitrogens with one attached hydrogen (secondary N) is 1. The van der Waals surface area contributed by atoms with Gasteiger partial charge in [-0.2, -0.15) is 0 Å². The van der Waals surface area contributed by atoms with Crippen LogP contribution in [0, 0.1) is 5.41 Å². The summed E-state index contributed by atoms with van der Waals surface area (Å²) >= 11 is 1.26. The van der Waals surface area contributed by atoms with Gasteiger partial charge in [-0.1, -0.05) is 33.8 Å². The summed E-state index contributed by atoms with van der Waals surface area (Å²) in [7, 11) is 1.58. The molecule has 0 saturated carbocycles. The summed E-state index contributed by atoms with van der Waals surface area (Å²) in [5, 5.41) is 0. The molecule has 0 fully saturated rings. The summed E-state index contributed by atoms with van der Waals surface area (Å²) in [6, 6.07) is 5.53. The number of carbonyl (C=O) groups excluding carboxylic acids is 1. The van der Waals surface area contributed by atoms with Gasteiger partial charge in [0, 0.05) is 11.5 Å². The number of hydrogen-bond acceptors (Lipinski definition) is 5. The van der Waals surface area contributed by atoms with Gasteiger partial charge in [0.2, 0.25) is 0 Å². The number of hydrogen-bond donors (Lipinski definition) is 1. The fourth-order valence-electron chi connectivity index (χ4n) is 2.12. The van der Waals surface area contributed by atoms with Crippen molar-refractivity contribution >= 4 is 29.3 Å². The fraction of sp³-hybridized carbons (Fsp3) is 0.400. The SMILES string of the molecule is CCCOc1ccc(/C=c2\s/c(=C\C(=O)C(C)(C)C)[nH]c2=O)cc1OC. The van der Waals surface area contributed by atoms with Crippen LogP contribution in [0.3, 0.4) is 0 Å². The van der Waals surface area contributed by atoms with E-state index in [1.807, 2.05) is 45.9 Å². The second-order valence-corrected chi connectivity index (χ2v) is 8.03. The number of ether oxygens (including phenoxy) is 2. The highest BCUT2D eigenvalue weighted by Crippen LogP contribution is 2.28. The topological polar surface area (TPSA) is 68.4 Å². The molecule has 0 saturated heterocycles. The van der Waals surface area contributed by atoms with Crippen LogP contribution in [0.1, 0.15) is 39.7 Å². The first kappa shape index (κ1) is 20.0. The van der Waals surface area contributed by atoms with Crippen molar-refractivity contribution in [2.45, 2.75) is 34.1 Å². The van der Waals surface area contributed by atoms with Crippen LogP contribution >= 0.6 is 11.3 Å². The Morgan fingerprint density at radius 2 is 2.00 bits per heavy atom. The molecule has 1 aromatic heterocycles. The lowest BCUT2D eigenvalue weighted by Gasteiger charge is -2.12. The smallest absolute Gasteiger partial charge is 0.266 e. The van der Waals surface area contributed by atoms with Crippen molar-refractivity contribution < 1.29 is 14.3 Å². The summed E-state index contributed by atoms with van der Waals surface area (Å²) in [4.78, 5) is 27.0. The van der Waals surface area contributed by atoms with E-state index in [9.17, 15) is 9.59 Å². The molecule has 0 bridgehead atoms. The molecule has 0 aliphatic rings. The Hall–Kier alpha value is -2.34. The zero-order valence-corrected chi connectivity index (χ0v) is 16.7. The highest BCUT2D eigenvalue weighted by atomic mass is 32.1. The predicted molar refractivity (Wildman–Crippen MR) is 105 cm³/mol. The molecule has 26 heavy (non-hydrogen) atoms. The maximum atomic E-state index is 12.2. The van der Waals surface area contributed by atoms with Crippen molar-refractivity contribution in [3.63, 3.8) is 0 Å². The van der Waals surface area contributed by atoms with E-state index in [0.29, 0.717) is 27.3 Å². The van der Waals surface area contributed by atoms with Crippen molar-refractivity contribution in [1.82, 2.24) is 4.98 Å². The molecule has 2 aromatic rings. The Kier molecular flexibility index (Phi) is 6.42. The van der Waals surface area contributed by atoms with E-state index < -0.39 is 5.41 Å². The van der Waals surface area contributed by atoms with Crippen LogP contribution in [0.25, 0.3) is 12.2 Å². The molecule has 0 atom stereocenters. The number of thiazole rings is 1. The van der Waals surface area contributed by atoms with Crippen LogP contribution in [0.4, 0.5) is 0 Å². The second kappa shape index (κ2) is 8.36. The highest BCUT2D eigenvalue weighted by Gasteiger charge is 2.18. The fourth-order valence-corrected chi connectivity index (χ4v) is 3.00. The molecule has 2 rings (SSSR count). The second-order valence-electron chi connectivity index (χ2n) is 6.95. The number of H-pyrrole nitrogens is 1. The average molecular weight is 375 g/mol. The largest absolute Gasteiger partial charge is 0.493 e. The number of rotatable bonds is 6. The lowest BCUT2D eigenvalue weighted by molar-refractivity contribution is -0.119. The summed E-state index contributed by atoms with van der Waals surface area (Å²) in [5.74, 6) is 1.27. The van der Waals surface area contributed by atoms with Gasteiger partial charge in [0.1, 0.15) is 0 Å². The minimum Gasteiger partial charge on any atom is -0.493 e. The van der Waals surface area contributed by atoms with Crippen LogP contribution in [0.5, 0.6) is 11.5 Å². The van der Waals surface area contributed by atoms with Crippen molar-refractivity contribution in [1.29, 1.82) is 0 Å². The molecule has 1 N–H and O–H groups in total. The highest BCUT2D eigenvalue weighted by molar-refractivity contribution is 7.07. The van der Waals surface area contributed by atoms with Gasteiger partial charge in [0.15, 0.2) is 17.3 Å². The van der Waals surface area contributed by atoms with Gasteiger partial charge < -0.3 is 14.5 Å². The summed E-state index contributed by atoms with van der Waals surface area (Å²) in [5.41, 5.74) is 0.131. The Labute approximate surface area is 157 Å². The van der Waals surface area contributed by atoms with Crippen LogP contribution in [0.2, 0.25) is 0 Å². The number of aromatic nitrogens is 1. The van der Waals surface area contributed by atoms with Gasteiger partial charge in [-0.15, -0.1) is 11.3 Å². The van der Waals surface area contributed by atoms with Gasteiger partial charge in [-0.25, -0.2) is 0 Å². The zero-order chi connectivity index (χ0) is 19.3. The van der Waals surface area contributed by atoms with Crippen LogP contribution < -0.4 is 24.2 Å². The van der Waals surface area contributed by atoms with Gasteiger partial charge in [-0.3, -0.25) is 9.59 Å². The van der Waals surface area contributed by atoms with E-state index in [1.54, 1.807) is 13.2 Å². The number of ketones is 1. The first-order valence-electron chi connectivity index (χ1n) is 8.52. The van der Waals surface area contributed by atoms with Crippen molar-refractivity contribution in [3.8, 4) is 11.5 Å². The van der Waals surface area contributed by atoms with E-state index in [2.05, 4.69) is 4.98 Å². The van der Waals surface area contributed by atoms with E-state index in [-0.39, 0.29) is 11.3 Å². The van der Waals surface area contributed by atoms with Crippen LogP contribution in [0.15, 0.2) is 23.0 Å². The molecular formula is C20H25NO4S. The Morgan fingerprint density at radius 3 is 2.62 bits per heavy atom. The molecule has 5 nitrogen and oxygen atoms in total. The molecular weight excluding hydrogens is 350 g/mol. The number of Topliss-reactive ketones (excluding diaryl/α,β-unsaturated/α-hetero) is 1. The third-order valence-corrected chi connectivity index (χ3v) is 4.59.